The zero-order chi connectivity index (χ0) is 17.6. The summed E-state index contributed by atoms with van der Waals surface area (Å²) in [7, 11) is 3.16. The molecule has 0 spiro atoms. The number of rotatable bonds is 6. The first-order valence-corrected chi connectivity index (χ1v) is 8.01. The van der Waals surface area contributed by atoms with Crippen molar-refractivity contribution in [1.29, 1.82) is 0 Å². The number of benzene rings is 2. The van der Waals surface area contributed by atoms with Crippen molar-refractivity contribution in [3.8, 4) is 11.5 Å². The lowest BCUT2D eigenvalue weighted by Gasteiger charge is -2.10. The molecule has 0 unspecified atom stereocenters. The van der Waals surface area contributed by atoms with Gasteiger partial charge in [0.05, 0.1) is 26.2 Å². The lowest BCUT2D eigenvalue weighted by atomic mass is 10.1. The normalized spacial score (nSPS) is 10.5. The summed E-state index contributed by atoms with van der Waals surface area (Å²) in [5.41, 5.74) is 2.79. The third kappa shape index (κ3) is 4.07. The molecule has 0 aliphatic carbocycles. The number of nitrogens with zero attached hydrogens (tertiary/aromatic N) is 1. The quantitative estimate of drug-likeness (QED) is 0.751. The molecule has 128 valence electrons. The van der Waals surface area contributed by atoms with Crippen molar-refractivity contribution in [3.63, 3.8) is 0 Å². The van der Waals surface area contributed by atoms with Crippen LogP contribution in [0.4, 0.5) is 0 Å². The number of aromatic nitrogens is 1. The van der Waals surface area contributed by atoms with Gasteiger partial charge in [0.15, 0.2) is 11.5 Å². The van der Waals surface area contributed by atoms with E-state index in [1.54, 1.807) is 26.5 Å². The first-order chi connectivity index (χ1) is 12.2. The summed E-state index contributed by atoms with van der Waals surface area (Å²) in [4.78, 5) is 16.6. The van der Waals surface area contributed by atoms with E-state index in [0.29, 0.717) is 18.0 Å². The fourth-order valence-electron chi connectivity index (χ4n) is 2.65. The zero-order valence-electron chi connectivity index (χ0n) is 14.3. The minimum Gasteiger partial charge on any atom is -0.493 e. The molecular formula is C20H20N2O3. The fourth-order valence-corrected chi connectivity index (χ4v) is 2.65. The van der Waals surface area contributed by atoms with Crippen LogP contribution in [0.25, 0.3) is 10.9 Å². The minimum atomic E-state index is -0.0552. The van der Waals surface area contributed by atoms with Crippen LogP contribution in [-0.4, -0.2) is 25.1 Å². The Morgan fingerprint density at radius 3 is 2.60 bits per heavy atom. The average Bonchev–Trinajstić information content (AvgIpc) is 2.66. The zero-order valence-corrected chi connectivity index (χ0v) is 14.3. The third-order valence-electron chi connectivity index (χ3n) is 3.95. The van der Waals surface area contributed by atoms with Crippen LogP contribution in [0, 0.1) is 0 Å². The van der Waals surface area contributed by atoms with E-state index in [4.69, 9.17) is 9.47 Å². The van der Waals surface area contributed by atoms with Crippen LogP contribution in [0.15, 0.2) is 54.7 Å². The van der Waals surface area contributed by atoms with Crippen molar-refractivity contribution >= 4 is 16.8 Å². The van der Waals surface area contributed by atoms with E-state index in [0.717, 1.165) is 22.0 Å². The Kier molecular flexibility index (Phi) is 5.14. The molecule has 1 N–H and O–H groups in total. The van der Waals surface area contributed by atoms with Gasteiger partial charge in [-0.05, 0) is 35.4 Å². The SMILES string of the molecule is COc1ccc(CC(=O)NCc2cnc3ccccc3c2)cc1OC. The second-order valence-corrected chi connectivity index (χ2v) is 5.68. The van der Waals surface area contributed by atoms with Gasteiger partial charge in [-0.1, -0.05) is 24.3 Å². The highest BCUT2D eigenvalue weighted by Gasteiger charge is 2.08. The molecule has 25 heavy (non-hydrogen) atoms. The molecule has 0 aliphatic rings. The summed E-state index contributed by atoms with van der Waals surface area (Å²) in [6.45, 7) is 0.448. The van der Waals surface area contributed by atoms with Gasteiger partial charge in [-0.25, -0.2) is 0 Å². The van der Waals surface area contributed by atoms with Crippen molar-refractivity contribution in [2.24, 2.45) is 0 Å². The number of hydrogen-bond donors (Lipinski definition) is 1. The van der Waals surface area contributed by atoms with Gasteiger partial charge in [0.2, 0.25) is 5.91 Å². The van der Waals surface area contributed by atoms with E-state index in [2.05, 4.69) is 10.3 Å². The van der Waals surface area contributed by atoms with Crippen LogP contribution in [-0.2, 0) is 17.8 Å². The summed E-state index contributed by atoms with van der Waals surface area (Å²) in [6, 6.07) is 15.4. The molecule has 0 atom stereocenters. The number of pyridine rings is 1. The molecule has 3 aromatic rings. The second-order valence-electron chi connectivity index (χ2n) is 5.68. The van der Waals surface area contributed by atoms with E-state index in [9.17, 15) is 4.79 Å². The fraction of sp³-hybridized carbons (Fsp3) is 0.200. The lowest BCUT2D eigenvalue weighted by Crippen LogP contribution is -2.24. The molecule has 2 aromatic carbocycles. The van der Waals surface area contributed by atoms with Gasteiger partial charge < -0.3 is 14.8 Å². The maximum absolute atomic E-state index is 12.2. The maximum atomic E-state index is 12.2. The molecule has 0 fully saturated rings. The number of ether oxygens (including phenoxy) is 2. The molecule has 1 aromatic heterocycles. The van der Waals surface area contributed by atoms with E-state index < -0.39 is 0 Å². The number of carbonyl (C=O) groups excluding carboxylic acids is 1. The van der Waals surface area contributed by atoms with E-state index in [1.165, 1.54) is 0 Å². The Morgan fingerprint density at radius 2 is 1.80 bits per heavy atom. The van der Waals surface area contributed by atoms with Gasteiger partial charge in [-0.3, -0.25) is 9.78 Å². The van der Waals surface area contributed by atoms with Crippen molar-refractivity contribution in [1.82, 2.24) is 10.3 Å². The first kappa shape index (κ1) is 16.8. The second kappa shape index (κ2) is 7.66. The summed E-state index contributed by atoms with van der Waals surface area (Å²) < 4.78 is 10.5. The van der Waals surface area contributed by atoms with Crippen molar-refractivity contribution in [2.45, 2.75) is 13.0 Å². The van der Waals surface area contributed by atoms with Gasteiger partial charge in [-0.15, -0.1) is 0 Å². The van der Waals surface area contributed by atoms with Crippen LogP contribution >= 0.6 is 0 Å². The largest absolute Gasteiger partial charge is 0.493 e. The highest BCUT2D eigenvalue weighted by atomic mass is 16.5. The number of para-hydroxylation sites is 1. The predicted molar refractivity (Wildman–Crippen MR) is 96.8 cm³/mol. The highest BCUT2D eigenvalue weighted by Crippen LogP contribution is 2.27. The van der Waals surface area contributed by atoms with Crippen LogP contribution in [0.3, 0.4) is 0 Å². The molecule has 0 saturated carbocycles. The number of methoxy groups -OCH3 is 2. The monoisotopic (exact) mass is 336 g/mol. The topological polar surface area (TPSA) is 60.5 Å². The highest BCUT2D eigenvalue weighted by molar-refractivity contribution is 5.80. The van der Waals surface area contributed by atoms with Gasteiger partial charge in [0, 0.05) is 18.1 Å². The number of amides is 1. The van der Waals surface area contributed by atoms with E-state index >= 15 is 0 Å². The van der Waals surface area contributed by atoms with Gasteiger partial charge in [-0.2, -0.15) is 0 Å². The smallest absolute Gasteiger partial charge is 0.224 e. The molecule has 0 aliphatic heterocycles. The summed E-state index contributed by atoms with van der Waals surface area (Å²) >= 11 is 0. The lowest BCUT2D eigenvalue weighted by molar-refractivity contribution is -0.120. The molecule has 0 radical (unpaired) electrons. The maximum Gasteiger partial charge on any atom is 0.224 e. The first-order valence-electron chi connectivity index (χ1n) is 8.01. The molecule has 1 heterocycles. The Labute approximate surface area is 146 Å². The third-order valence-corrected chi connectivity index (χ3v) is 3.95. The van der Waals surface area contributed by atoms with Crippen LogP contribution in [0.5, 0.6) is 11.5 Å². The Morgan fingerprint density at radius 1 is 1.00 bits per heavy atom. The standard InChI is InChI=1S/C20H20N2O3/c1-24-18-8-7-14(10-19(18)25-2)11-20(23)22-13-15-9-16-5-3-4-6-17(16)21-12-15/h3-10,12H,11,13H2,1-2H3,(H,22,23). The van der Waals surface area contributed by atoms with Crippen molar-refractivity contribution < 1.29 is 14.3 Å². The van der Waals surface area contributed by atoms with Crippen LogP contribution in [0.1, 0.15) is 11.1 Å². The molecule has 3 rings (SSSR count). The molecule has 0 bridgehead atoms. The van der Waals surface area contributed by atoms with Gasteiger partial charge in [0.25, 0.3) is 0 Å². The van der Waals surface area contributed by atoms with Crippen molar-refractivity contribution in [2.75, 3.05) is 14.2 Å². The molecule has 0 saturated heterocycles. The molecule has 5 heteroatoms. The average molecular weight is 336 g/mol. The summed E-state index contributed by atoms with van der Waals surface area (Å²) in [5.74, 6) is 1.21. The van der Waals surface area contributed by atoms with Crippen LogP contribution < -0.4 is 14.8 Å². The Bertz CT molecular complexity index is 893. The summed E-state index contributed by atoms with van der Waals surface area (Å²) in [6.07, 6.45) is 2.07. The number of carbonyl (C=O) groups is 1. The van der Waals surface area contributed by atoms with E-state index in [-0.39, 0.29) is 12.3 Å². The number of nitrogens with one attached hydrogen (secondary N) is 1. The predicted octanol–water partition coefficient (Wildman–Crippen LogP) is 3.11. The van der Waals surface area contributed by atoms with Crippen LogP contribution in [0.2, 0.25) is 0 Å². The number of hydrogen-bond acceptors (Lipinski definition) is 4. The number of fused-ring (bicyclic) bond motifs is 1. The molecular weight excluding hydrogens is 316 g/mol. The minimum absolute atomic E-state index is 0.0552. The molecule has 5 nitrogen and oxygen atoms in total. The Hall–Kier alpha value is -3.08. The Balaban J connectivity index is 1.62. The van der Waals surface area contributed by atoms with Gasteiger partial charge in [0.1, 0.15) is 0 Å². The van der Waals surface area contributed by atoms with Gasteiger partial charge >= 0.3 is 0 Å². The molecule has 1 amide bonds. The summed E-state index contributed by atoms with van der Waals surface area (Å²) in [5, 5.41) is 3.99. The van der Waals surface area contributed by atoms with Crippen molar-refractivity contribution in [3.05, 3.63) is 65.9 Å². The van der Waals surface area contributed by atoms with E-state index in [1.807, 2.05) is 42.5 Å².